The van der Waals surface area contributed by atoms with Crippen molar-refractivity contribution >= 4 is 11.6 Å². The molecule has 4 aromatic rings. The molecule has 1 N–H and O–H groups in total. The summed E-state index contributed by atoms with van der Waals surface area (Å²) in [6.07, 6.45) is 0.855. The van der Waals surface area contributed by atoms with Gasteiger partial charge in [-0.25, -0.2) is 4.68 Å². The van der Waals surface area contributed by atoms with Gasteiger partial charge in [-0.2, -0.15) is 5.10 Å². The zero-order valence-corrected chi connectivity index (χ0v) is 18.1. The zero-order chi connectivity index (χ0) is 22.2. The number of nitrogens with zero attached hydrogens (tertiary/aromatic N) is 2. The van der Waals surface area contributed by atoms with E-state index in [2.05, 4.69) is 22.5 Å². The monoisotopic (exact) mass is 421 g/mol. The summed E-state index contributed by atoms with van der Waals surface area (Å²) in [5, 5.41) is 7.37. The van der Waals surface area contributed by atoms with Crippen LogP contribution in [0, 0.1) is 13.8 Å². The van der Waals surface area contributed by atoms with Crippen molar-refractivity contribution in [2.45, 2.75) is 26.8 Å². The molecular formula is C27H23N3O2. The van der Waals surface area contributed by atoms with Gasteiger partial charge in [0.1, 0.15) is 6.54 Å². The highest BCUT2D eigenvalue weighted by atomic mass is 16.2. The Labute approximate surface area is 186 Å². The van der Waals surface area contributed by atoms with Crippen LogP contribution in [0.25, 0.3) is 22.4 Å². The molecule has 0 saturated carbocycles. The number of carbonyl (C=O) groups is 1. The second-order valence-corrected chi connectivity index (χ2v) is 8.29. The number of fused-ring (bicyclic) bond motifs is 3. The van der Waals surface area contributed by atoms with Crippen LogP contribution in [-0.2, 0) is 17.8 Å². The van der Waals surface area contributed by atoms with Gasteiger partial charge in [0.15, 0.2) is 0 Å². The molecule has 0 unspecified atom stereocenters. The van der Waals surface area contributed by atoms with E-state index >= 15 is 0 Å². The highest BCUT2D eigenvalue weighted by Gasteiger charge is 2.18. The Morgan fingerprint density at radius 1 is 0.906 bits per heavy atom. The number of anilines is 1. The van der Waals surface area contributed by atoms with Gasteiger partial charge >= 0.3 is 0 Å². The van der Waals surface area contributed by atoms with Crippen LogP contribution in [-0.4, -0.2) is 15.7 Å². The van der Waals surface area contributed by atoms with Crippen molar-refractivity contribution in [3.63, 3.8) is 0 Å². The summed E-state index contributed by atoms with van der Waals surface area (Å²) in [6.45, 7) is 3.88. The Kier molecular flexibility index (Phi) is 4.94. The van der Waals surface area contributed by atoms with Crippen LogP contribution in [0.4, 0.5) is 5.69 Å². The van der Waals surface area contributed by atoms with E-state index in [4.69, 9.17) is 0 Å². The molecule has 1 aliphatic rings. The first-order chi connectivity index (χ1) is 15.5. The van der Waals surface area contributed by atoms with Crippen molar-refractivity contribution in [3.8, 4) is 22.4 Å². The molecule has 0 spiro atoms. The summed E-state index contributed by atoms with van der Waals surface area (Å²) in [7, 11) is 0. The molecule has 1 amide bonds. The van der Waals surface area contributed by atoms with Crippen molar-refractivity contribution in [1.82, 2.24) is 9.78 Å². The smallest absolute Gasteiger partial charge is 0.267 e. The fourth-order valence-electron chi connectivity index (χ4n) is 4.28. The Hall–Kier alpha value is -3.99. The molecule has 3 aromatic carbocycles. The number of amides is 1. The van der Waals surface area contributed by atoms with E-state index in [0.29, 0.717) is 5.69 Å². The van der Waals surface area contributed by atoms with Crippen molar-refractivity contribution in [1.29, 1.82) is 0 Å². The van der Waals surface area contributed by atoms with Crippen molar-refractivity contribution in [2.24, 2.45) is 0 Å². The van der Waals surface area contributed by atoms with Gasteiger partial charge in [0, 0.05) is 17.3 Å². The van der Waals surface area contributed by atoms with E-state index in [1.807, 2.05) is 62.4 Å². The van der Waals surface area contributed by atoms with E-state index in [0.717, 1.165) is 28.8 Å². The minimum absolute atomic E-state index is 0.144. The predicted molar refractivity (Wildman–Crippen MR) is 127 cm³/mol. The van der Waals surface area contributed by atoms with Crippen LogP contribution in [0.3, 0.4) is 0 Å². The molecule has 1 aromatic heterocycles. The first kappa shape index (κ1) is 19.9. The highest BCUT2D eigenvalue weighted by molar-refractivity contribution is 5.91. The average Bonchev–Trinajstić information content (AvgIpc) is 3.14. The number of hydrogen-bond acceptors (Lipinski definition) is 3. The molecule has 0 fully saturated rings. The maximum absolute atomic E-state index is 12.7. The molecule has 1 aliphatic carbocycles. The number of aryl methyl sites for hydroxylation is 2. The standard InChI is InChI=1S/C27H23N3O2/c1-17-7-8-18(2)24(13-17)25-11-12-27(32)30(29-25)16-26(31)28-21-9-10-23-20(15-21)14-19-5-3-4-6-22(19)23/h3-13,15H,14,16H2,1-2H3,(H,28,31). The Morgan fingerprint density at radius 3 is 2.59 bits per heavy atom. The van der Waals surface area contributed by atoms with Crippen LogP contribution >= 0.6 is 0 Å². The largest absolute Gasteiger partial charge is 0.324 e. The second kappa shape index (κ2) is 7.93. The van der Waals surface area contributed by atoms with Gasteiger partial charge in [-0.15, -0.1) is 0 Å². The number of rotatable bonds is 4. The molecular weight excluding hydrogens is 398 g/mol. The van der Waals surface area contributed by atoms with Gasteiger partial charge in [0.2, 0.25) is 5.91 Å². The number of benzene rings is 3. The minimum atomic E-state index is -0.307. The first-order valence-electron chi connectivity index (χ1n) is 10.6. The van der Waals surface area contributed by atoms with Crippen molar-refractivity contribution < 1.29 is 4.79 Å². The fraction of sp³-hybridized carbons (Fsp3) is 0.148. The quantitative estimate of drug-likeness (QED) is 0.456. The molecule has 0 radical (unpaired) electrons. The van der Waals surface area contributed by atoms with E-state index in [1.54, 1.807) is 6.07 Å². The summed E-state index contributed by atoms with van der Waals surface area (Å²) in [4.78, 5) is 25.1. The molecule has 0 aliphatic heterocycles. The molecule has 32 heavy (non-hydrogen) atoms. The second-order valence-electron chi connectivity index (χ2n) is 8.29. The van der Waals surface area contributed by atoms with Crippen LogP contribution in [0.1, 0.15) is 22.3 Å². The van der Waals surface area contributed by atoms with Crippen LogP contribution in [0.2, 0.25) is 0 Å². The first-order valence-corrected chi connectivity index (χ1v) is 10.6. The SMILES string of the molecule is Cc1ccc(C)c(-c2ccc(=O)n(CC(=O)Nc3ccc4c(c3)Cc3ccccc3-4)n2)c1. The van der Waals surface area contributed by atoms with Crippen molar-refractivity contribution in [3.05, 3.63) is 105 Å². The third-order valence-electron chi connectivity index (χ3n) is 5.91. The number of hydrogen-bond donors (Lipinski definition) is 1. The molecule has 0 bridgehead atoms. The summed E-state index contributed by atoms with van der Waals surface area (Å²) in [5.41, 5.74) is 9.17. The maximum Gasteiger partial charge on any atom is 0.267 e. The molecule has 1 heterocycles. The fourth-order valence-corrected chi connectivity index (χ4v) is 4.28. The Balaban J connectivity index is 1.35. The van der Waals surface area contributed by atoms with E-state index in [-0.39, 0.29) is 18.0 Å². The number of nitrogens with one attached hydrogen (secondary N) is 1. The van der Waals surface area contributed by atoms with Gasteiger partial charge < -0.3 is 5.32 Å². The lowest BCUT2D eigenvalue weighted by molar-refractivity contribution is -0.117. The minimum Gasteiger partial charge on any atom is -0.324 e. The summed E-state index contributed by atoms with van der Waals surface area (Å²) in [6, 6.07) is 23.6. The maximum atomic E-state index is 12.7. The van der Waals surface area contributed by atoms with Gasteiger partial charge in [-0.1, -0.05) is 48.0 Å². The third kappa shape index (κ3) is 3.73. The lowest BCUT2D eigenvalue weighted by Gasteiger charge is -2.11. The predicted octanol–water partition coefficient (Wildman–Crippen LogP) is 4.74. The van der Waals surface area contributed by atoms with Gasteiger partial charge in [-0.05, 0) is 72.4 Å². The summed E-state index contributed by atoms with van der Waals surface area (Å²) >= 11 is 0. The number of carbonyl (C=O) groups excluding carboxylic acids is 1. The highest BCUT2D eigenvalue weighted by Crippen LogP contribution is 2.37. The van der Waals surface area contributed by atoms with Crippen molar-refractivity contribution in [2.75, 3.05) is 5.32 Å². The normalized spacial score (nSPS) is 11.7. The molecule has 5 rings (SSSR count). The summed E-state index contributed by atoms with van der Waals surface area (Å²) in [5.74, 6) is -0.284. The average molecular weight is 422 g/mol. The van der Waals surface area contributed by atoms with E-state index in [1.165, 1.54) is 33.0 Å². The Bertz CT molecular complexity index is 1420. The molecule has 0 saturated heterocycles. The van der Waals surface area contributed by atoms with Gasteiger partial charge in [0.25, 0.3) is 5.56 Å². The lowest BCUT2D eigenvalue weighted by atomic mass is 10.0. The topological polar surface area (TPSA) is 64.0 Å². The molecule has 5 heteroatoms. The van der Waals surface area contributed by atoms with Gasteiger partial charge in [-0.3, -0.25) is 9.59 Å². The van der Waals surface area contributed by atoms with Crippen LogP contribution in [0.15, 0.2) is 77.6 Å². The molecule has 0 atom stereocenters. The molecule has 5 nitrogen and oxygen atoms in total. The molecule has 158 valence electrons. The van der Waals surface area contributed by atoms with E-state index in [9.17, 15) is 9.59 Å². The zero-order valence-electron chi connectivity index (χ0n) is 18.1. The summed E-state index contributed by atoms with van der Waals surface area (Å²) < 4.78 is 1.22. The van der Waals surface area contributed by atoms with Crippen LogP contribution < -0.4 is 10.9 Å². The third-order valence-corrected chi connectivity index (χ3v) is 5.91. The van der Waals surface area contributed by atoms with Gasteiger partial charge in [0.05, 0.1) is 5.69 Å². The van der Waals surface area contributed by atoms with Crippen LogP contribution in [0.5, 0.6) is 0 Å². The lowest BCUT2D eigenvalue weighted by Crippen LogP contribution is -2.29. The number of aromatic nitrogens is 2. The Morgan fingerprint density at radius 2 is 1.72 bits per heavy atom. The van der Waals surface area contributed by atoms with E-state index < -0.39 is 0 Å².